The average molecular weight is 357 g/mol. The summed E-state index contributed by atoms with van der Waals surface area (Å²) in [5.41, 5.74) is 5.82. The molecule has 1 aromatic heterocycles. The van der Waals surface area contributed by atoms with Crippen molar-refractivity contribution >= 4 is 22.6 Å². The number of primary amides is 1. The lowest BCUT2D eigenvalue weighted by molar-refractivity contribution is -0.123. The van der Waals surface area contributed by atoms with Crippen LogP contribution in [0.25, 0.3) is 10.8 Å². The van der Waals surface area contributed by atoms with Crippen LogP contribution in [0.3, 0.4) is 0 Å². The van der Waals surface area contributed by atoms with Gasteiger partial charge in [-0.1, -0.05) is 0 Å². The molecule has 0 unspecified atom stereocenters. The van der Waals surface area contributed by atoms with Crippen molar-refractivity contribution in [3.05, 3.63) is 30.0 Å². The molecule has 1 aliphatic rings. The number of piperidine rings is 1. The van der Waals surface area contributed by atoms with E-state index in [1.54, 1.807) is 24.4 Å². The topological polar surface area (TPSA) is 104 Å². The Labute approximate surface area is 151 Å². The lowest BCUT2D eigenvalue weighted by Crippen LogP contribution is -2.37. The maximum atomic E-state index is 11.8. The molecule has 7 heteroatoms. The van der Waals surface area contributed by atoms with Crippen LogP contribution in [-0.2, 0) is 4.79 Å². The van der Waals surface area contributed by atoms with Gasteiger partial charge >= 0.3 is 0 Å². The van der Waals surface area contributed by atoms with Crippen molar-refractivity contribution < 1.29 is 19.1 Å². The summed E-state index contributed by atoms with van der Waals surface area (Å²) in [5, 5.41) is 4.41. The SMILES string of the molecule is CC(C)Oc1cc2c(OC[C@@H]3CCC(=O)NC3)nccc2cc1C(N)=O. The Balaban J connectivity index is 1.88. The number of rotatable bonds is 6. The normalized spacial score (nSPS) is 17.2. The maximum Gasteiger partial charge on any atom is 0.252 e. The molecule has 3 N–H and O–H groups in total. The molecule has 1 fully saturated rings. The third kappa shape index (κ3) is 4.04. The maximum absolute atomic E-state index is 11.8. The highest BCUT2D eigenvalue weighted by Gasteiger charge is 2.20. The lowest BCUT2D eigenvalue weighted by atomic mass is 10.0. The van der Waals surface area contributed by atoms with Crippen molar-refractivity contribution in [2.24, 2.45) is 11.7 Å². The number of pyridine rings is 1. The molecule has 0 aliphatic carbocycles. The fourth-order valence-corrected chi connectivity index (χ4v) is 2.96. The Kier molecular flexibility index (Phi) is 5.25. The minimum Gasteiger partial charge on any atom is -0.490 e. The summed E-state index contributed by atoms with van der Waals surface area (Å²) in [6.45, 7) is 4.83. The Morgan fingerprint density at radius 1 is 1.42 bits per heavy atom. The zero-order valence-corrected chi connectivity index (χ0v) is 15.0. The first kappa shape index (κ1) is 18.0. The number of hydrogen-bond donors (Lipinski definition) is 2. The zero-order chi connectivity index (χ0) is 18.7. The minimum atomic E-state index is -0.542. The van der Waals surface area contributed by atoms with Gasteiger partial charge < -0.3 is 20.5 Å². The van der Waals surface area contributed by atoms with Crippen LogP contribution in [0.4, 0.5) is 0 Å². The fourth-order valence-electron chi connectivity index (χ4n) is 2.96. The van der Waals surface area contributed by atoms with Crippen LogP contribution in [0, 0.1) is 5.92 Å². The molecule has 0 spiro atoms. The first-order valence-electron chi connectivity index (χ1n) is 8.72. The molecule has 1 saturated heterocycles. The number of amides is 2. The monoisotopic (exact) mass is 357 g/mol. The summed E-state index contributed by atoms with van der Waals surface area (Å²) in [5.74, 6) is 0.687. The van der Waals surface area contributed by atoms with E-state index in [1.807, 2.05) is 13.8 Å². The highest BCUT2D eigenvalue weighted by atomic mass is 16.5. The third-order valence-electron chi connectivity index (χ3n) is 4.28. The zero-order valence-electron chi connectivity index (χ0n) is 15.0. The summed E-state index contributed by atoms with van der Waals surface area (Å²) < 4.78 is 11.7. The van der Waals surface area contributed by atoms with Crippen molar-refractivity contribution in [3.8, 4) is 11.6 Å². The van der Waals surface area contributed by atoms with Gasteiger partial charge in [0.15, 0.2) is 0 Å². The molecule has 7 nitrogen and oxygen atoms in total. The van der Waals surface area contributed by atoms with Crippen LogP contribution in [0.15, 0.2) is 24.4 Å². The van der Waals surface area contributed by atoms with Crippen LogP contribution < -0.4 is 20.5 Å². The minimum absolute atomic E-state index is 0.0824. The molecular weight excluding hydrogens is 334 g/mol. The average Bonchev–Trinajstić information content (AvgIpc) is 2.60. The molecule has 1 aliphatic heterocycles. The molecule has 3 rings (SSSR count). The van der Waals surface area contributed by atoms with E-state index in [0.29, 0.717) is 36.8 Å². The van der Waals surface area contributed by atoms with Crippen molar-refractivity contribution in [1.29, 1.82) is 0 Å². The van der Waals surface area contributed by atoms with Crippen molar-refractivity contribution in [2.75, 3.05) is 13.2 Å². The van der Waals surface area contributed by atoms with Crippen LogP contribution in [-0.4, -0.2) is 36.1 Å². The van der Waals surface area contributed by atoms with Crippen molar-refractivity contribution in [2.45, 2.75) is 32.8 Å². The molecular formula is C19H23N3O4. The highest BCUT2D eigenvalue weighted by Crippen LogP contribution is 2.31. The van der Waals surface area contributed by atoms with Gasteiger partial charge in [0.1, 0.15) is 5.75 Å². The summed E-state index contributed by atoms with van der Waals surface area (Å²) in [6, 6.07) is 5.25. The van der Waals surface area contributed by atoms with Gasteiger partial charge in [-0.05, 0) is 43.9 Å². The van der Waals surface area contributed by atoms with Crippen LogP contribution in [0.5, 0.6) is 11.6 Å². The lowest BCUT2D eigenvalue weighted by Gasteiger charge is -2.22. The number of nitrogens with two attached hydrogens (primary N) is 1. The molecule has 2 aromatic rings. The second-order valence-corrected chi connectivity index (χ2v) is 6.74. The quantitative estimate of drug-likeness (QED) is 0.823. The number of hydrogen-bond acceptors (Lipinski definition) is 5. The Morgan fingerprint density at radius 3 is 2.88 bits per heavy atom. The van der Waals surface area contributed by atoms with Gasteiger partial charge in [0.25, 0.3) is 5.91 Å². The predicted octanol–water partition coefficient (Wildman–Crippen LogP) is 2.03. The van der Waals surface area contributed by atoms with E-state index < -0.39 is 5.91 Å². The van der Waals surface area contributed by atoms with Crippen molar-refractivity contribution in [1.82, 2.24) is 10.3 Å². The van der Waals surface area contributed by atoms with Crippen LogP contribution in [0.2, 0.25) is 0 Å². The number of fused-ring (bicyclic) bond motifs is 1. The predicted molar refractivity (Wildman–Crippen MR) is 97.3 cm³/mol. The van der Waals surface area contributed by atoms with E-state index in [1.165, 1.54) is 0 Å². The van der Waals surface area contributed by atoms with E-state index in [9.17, 15) is 9.59 Å². The third-order valence-corrected chi connectivity index (χ3v) is 4.28. The summed E-state index contributed by atoms with van der Waals surface area (Å²) in [7, 11) is 0. The smallest absolute Gasteiger partial charge is 0.252 e. The Hall–Kier alpha value is -2.83. The van der Waals surface area contributed by atoms with Gasteiger partial charge in [-0.2, -0.15) is 0 Å². The number of carbonyl (C=O) groups excluding carboxylic acids is 2. The number of nitrogens with one attached hydrogen (secondary N) is 1. The molecule has 138 valence electrons. The molecule has 2 heterocycles. The molecule has 0 saturated carbocycles. The molecule has 2 amide bonds. The van der Waals surface area contributed by atoms with E-state index >= 15 is 0 Å². The fraction of sp³-hybridized carbons (Fsp3) is 0.421. The van der Waals surface area contributed by atoms with Gasteiger partial charge in [-0.3, -0.25) is 9.59 Å². The molecule has 26 heavy (non-hydrogen) atoms. The number of ether oxygens (including phenoxy) is 2. The van der Waals surface area contributed by atoms with Crippen molar-refractivity contribution in [3.63, 3.8) is 0 Å². The summed E-state index contributed by atoms with van der Waals surface area (Å²) in [6.07, 6.45) is 2.85. The van der Waals surface area contributed by atoms with E-state index in [2.05, 4.69) is 10.3 Å². The molecule has 1 atom stereocenters. The first-order valence-corrected chi connectivity index (χ1v) is 8.72. The van der Waals surface area contributed by atoms with E-state index in [-0.39, 0.29) is 17.9 Å². The van der Waals surface area contributed by atoms with Crippen LogP contribution in [0.1, 0.15) is 37.0 Å². The molecule has 0 bridgehead atoms. The largest absolute Gasteiger partial charge is 0.490 e. The van der Waals surface area contributed by atoms with Gasteiger partial charge in [-0.25, -0.2) is 4.98 Å². The number of benzene rings is 1. The van der Waals surface area contributed by atoms with Gasteiger partial charge in [0.2, 0.25) is 11.8 Å². The summed E-state index contributed by atoms with van der Waals surface area (Å²) in [4.78, 5) is 27.3. The molecule has 0 radical (unpaired) electrons. The first-order chi connectivity index (χ1) is 12.4. The number of aromatic nitrogens is 1. The van der Waals surface area contributed by atoms with Gasteiger partial charge in [-0.15, -0.1) is 0 Å². The highest BCUT2D eigenvalue weighted by molar-refractivity contribution is 6.01. The second kappa shape index (κ2) is 7.59. The van der Waals surface area contributed by atoms with E-state index in [4.69, 9.17) is 15.2 Å². The Morgan fingerprint density at radius 2 is 2.23 bits per heavy atom. The van der Waals surface area contributed by atoms with E-state index in [0.717, 1.165) is 17.2 Å². The number of nitrogens with zero attached hydrogens (tertiary/aromatic N) is 1. The van der Waals surface area contributed by atoms with Crippen LogP contribution >= 0.6 is 0 Å². The van der Waals surface area contributed by atoms with Gasteiger partial charge in [0, 0.05) is 30.5 Å². The standard InChI is InChI=1S/C19H23N3O4/c1-11(2)26-16-8-14-13(7-15(16)18(20)24)5-6-21-19(14)25-10-12-3-4-17(23)22-9-12/h5-8,11-12H,3-4,9-10H2,1-2H3,(H2,20,24)(H,22,23)/t12-/m1/s1. The summed E-state index contributed by atoms with van der Waals surface area (Å²) >= 11 is 0. The Bertz CT molecular complexity index is 825. The second-order valence-electron chi connectivity index (χ2n) is 6.74. The van der Waals surface area contributed by atoms with Gasteiger partial charge in [0.05, 0.1) is 18.3 Å². The number of carbonyl (C=O) groups is 2. The molecule has 1 aromatic carbocycles.